The van der Waals surface area contributed by atoms with Crippen molar-refractivity contribution in [3.63, 3.8) is 0 Å². The van der Waals surface area contributed by atoms with Gasteiger partial charge in [-0.2, -0.15) is 0 Å². The first-order valence-electron chi connectivity index (χ1n) is 5.94. The third-order valence-corrected chi connectivity index (χ3v) is 3.38. The van der Waals surface area contributed by atoms with Crippen molar-refractivity contribution < 1.29 is 18.9 Å². The molecule has 0 aliphatic carbocycles. The van der Waals surface area contributed by atoms with Gasteiger partial charge >= 0.3 is 0 Å². The van der Waals surface area contributed by atoms with E-state index in [2.05, 4.69) is 0 Å². The molecule has 0 aromatic carbocycles. The van der Waals surface area contributed by atoms with Crippen molar-refractivity contribution in [2.24, 2.45) is 0 Å². The fourth-order valence-corrected chi connectivity index (χ4v) is 2.56. The molecule has 0 aromatic rings. The summed E-state index contributed by atoms with van der Waals surface area (Å²) in [7, 11) is 0. The molecular weight excluding hydrogens is 196 g/mol. The molecule has 3 fully saturated rings. The zero-order valence-corrected chi connectivity index (χ0v) is 8.89. The van der Waals surface area contributed by atoms with E-state index in [-0.39, 0.29) is 24.6 Å². The second-order valence-electron chi connectivity index (χ2n) is 4.47. The van der Waals surface area contributed by atoms with Gasteiger partial charge in [-0.3, -0.25) is 0 Å². The lowest BCUT2D eigenvalue weighted by atomic mass is 10.1. The first kappa shape index (κ1) is 10.0. The third-order valence-electron chi connectivity index (χ3n) is 3.38. The summed E-state index contributed by atoms with van der Waals surface area (Å²) in [5.41, 5.74) is 0. The van der Waals surface area contributed by atoms with Crippen LogP contribution in [-0.4, -0.2) is 44.4 Å². The van der Waals surface area contributed by atoms with Crippen molar-refractivity contribution in [3.05, 3.63) is 0 Å². The highest BCUT2D eigenvalue weighted by Crippen LogP contribution is 2.30. The topological polar surface area (TPSA) is 36.9 Å². The number of ether oxygens (including phenoxy) is 4. The summed E-state index contributed by atoms with van der Waals surface area (Å²) in [5.74, 6) is 0. The molecule has 4 nitrogen and oxygen atoms in total. The van der Waals surface area contributed by atoms with E-state index in [1.165, 1.54) is 6.42 Å². The lowest BCUT2D eigenvalue weighted by molar-refractivity contribution is -0.201. The van der Waals surface area contributed by atoms with Gasteiger partial charge in [0.05, 0.1) is 12.7 Å². The van der Waals surface area contributed by atoms with Crippen LogP contribution in [0.1, 0.15) is 25.7 Å². The van der Waals surface area contributed by atoms with Crippen LogP contribution in [-0.2, 0) is 18.9 Å². The van der Waals surface area contributed by atoms with Gasteiger partial charge in [0.2, 0.25) is 0 Å². The average Bonchev–Trinajstić information content (AvgIpc) is 2.85. The van der Waals surface area contributed by atoms with Crippen LogP contribution in [0.15, 0.2) is 0 Å². The smallest absolute Gasteiger partial charge is 0.158 e. The normalized spacial score (nSPS) is 45.6. The molecule has 3 rings (SSSR count). The van der Waals surface area contributed by atoms with Crippen molar-refractivity contribution in [1.82, 2.24) is 0 Å². The summed E-state index contributed by atoms with van der Waals surface area (Å²) < 4.78 is 22.7. The Balaban J connectivity index is 1.54. The molecular formula is C11H18O4. The molecule has 0 amide bonds. The summed E-state index contributed by atoms with van der Waals surface area (Å²) in [6.07, 6.45) is 4.84. The summed E-state index contributed by atoms with van der Waals surface area (Å²) >= 11 is 0. The number of hydrogen-bond donors (Lipinski definition) is 0. The molecule has 4 heteroatoms. The number of fused-ring (bicyclic) bond motifs is 1. The maximum absolute atomic E-state index is 5.89. The van der Waals surface area contributed by atoms with E-state index in [0.717, 1.165) is 32.5 Å². The first-order valence-corrected chi connectivity index (χ1v) is 5.94. The van der Waals surface area contributed by atoms with Crippen LogP contribution in [0.25, 0.3) is 0 Å². The second-order valence-corrected chi connectivity index (χ2v) is 4.47. The SMILES string of the molecule is C1CCC(OC2COC3CCOC32)OC1. The van der Waals surface area contributed by atoms with E-state index >= 15 is 0 Å². The van der Waals surface area contributed by atoms with Gasteiger partial charge < -0.3 is 18.9 Å². The van der Waals surface area contributed by atoms with Crippen LogP contribution in [0, 0.1) is 0 Å². The predicted octanol–water partition coefficient (Wildman–Crippen LogP) is 1.09. The zero-order chi connectivity index (χ0) is 10.1. The van der Waals surface area contributed by atoms with Crippen LogP contribution >= 0.6 is 0 Å². The van der Waals surface area contributed by atoms with Gasteiger partial charge in [-0.25, -0.2) is 0 Å². The zero-order valence-electron chi connectivity index (χ0n) is 8.89. The summed E-state index contributed by atoms with van der Waals surface area (Å²) in [4.78, 5) is 0. The lowest BCUT2D eigenvalue weighted by Gasteiger charge is -2.27. The molecule has 0 saturated carbocycles. The third kappa shape index (κ3) is 2.04. The molecule has 0 radical (unpaired) electrons. The molecule has 3 saturated heterocycles. The van der Waals surface area contributed by atoms with E-state index < -0.39 is 0 Å². The van der Waals surface area contributed by atoms with Gasteiger partial charge in [0.15, 0.2) is 6.29 Å². The number of rotatable bonds is 2. The summed E-state index contributed by atoms with van der Waals surface area (Å²) in [6.45, 7) is 2.29. The Bertz CT molecular complexity index is 215. The molecule has 3 aliphatic heterocycles. The quantitative estimate of drug-likeness (QED) is 0.689. The van der Waals surface area contributed by atoms with E-state index in [1.54, 1.807) is 0 Å². The Hall–Kier alpha value is -0.160. The van der Waals surface area contributed by atoms with Crippen LogP contribution in [0.5, 0.6) is 0 Å². The Kier molecular flexibility index (Phi) is 2.92. The minimum absolute atomic E-state index is 0.0321. The minimum Gasteiger partial charge on any atom is -0.373 e. The Morgan fingerprint density at radius 1 is 0.933 bits per heavy atom. The Labute approximate surface area is 89.8 Å². The van der Waals surface area contributed by atoms with Gasteiger partial charge in [-0.15, -0.1) is 0 Å². The number of hydrogen-bond acceptors (Lipinski definition) is 4. The standard InChI is InChI=1S/C11H18O4/c1-2-5-12-10(3-1)15-9-7-14-8-4-6-13-11(8)9/h8-11H,1-7H2. The summed E-state index contributed by atoms with van der Waals surface area (Å²) in [5, 5.41) is 0. The van der Waals surface area contributed by atoms with Gasteiger partial charge in [0.25, 0.3) is 0 Å². The molecule has 0 aromatic heterocycles. The molecule has 3 heterocycles. The fraction of sp³-hybridized carbons (Fsp3) is 1.00. The average molecular weight is 214 g/mol. The molecule has 0 N–H and O–H groups in total. The Morgan fingerprint density at radius 2 is 1.93 bits per heavy atom. The van der Waals surface area contributed by atoms with Crippen molar-refractivity contribution in [3.8, 4) is 0 Å². The van der Waals surface area contributed by atoms with Gasteiger partial charge in [0.1, 0.15) is 12.2 Å². The second kappa shape index (κ2) is 4.37. The van der Waals surface area contributed by atoms with Gasteiger partial charge in [0, 0.05) is 13.2 Å². The van der Waals surface area contributed by atoms with Crippen LogP contribution < -0.4 is 0 Å². The maximum atomic E-state index is 5.89. The maximum Gasteiger partial charge on any atom is 0.158 e. The monoisotopic (exact) mass is 214 g/mol. The Morgan fingerprint density at radius 3 is 2.80 bits per heavy atom. The molecule has 3 aliphatic rings. The molecule has 15 heavy (non-hydrogen) atoms. The predicted molar refractivity (Wildman–Crippen MR) is 52.6 cm³/mol. The van der Waals surface area contributed by atoms with Crippen molar-refractivity contribution >= 4 is 0 Å². The molecule has 0 spiro atoms. The van der Waals surface area contributed by atoms with Crippen molar-refractivity contribution in [1.29, 1.82) is 0 Å². The molecule has 4 unspecified atom stereocenters. The lowest BCUT2D eigenvalue weighted by Crippen LogP contribution is -2.35. The minimum atomic E-state index is -0.0321. The van der Waals surface area contributed by atoms with Crippen molar-refractivity contribution in [2.75, 3.05) is 19.8 Å². The largest absolute Gasteiger partial charge is 0.373 e. The van der Waals surface area contributed by atoms with Gasteiger partial charge in [-0.1, -0.05) is 0 Å². The molecule has 86 valence electrons. The van der Waals surface area contributed by atoms with E-state index in [0.29, 0.717) is 6.61 Å². The van der Waals surface area contributed by atoms with Gasteiger partial charge in [-0.05, 0) is 25.7 Å². The van der Waals surface area contributed by atoms with Crippen LogP contribution in [0.3, 0.4) is 0 Å². The van der Waals surface area contributed by atoms with Crippen LogP contribution in [0.4, 0.5) is 0 Å². The molecule has 4 atom stereocenters. The van der Waals surface area contributed by atoms with E-state index in [1.807, 2.05) is 0 Å². The fourth-order valence-electron chi connectivity index (χ4n) is 2.56. The highest BCUT2D eigenvalue weighted by Gasteiger charge is 2.43. The van der Waals surface area contributed by atoms with Crippen molar-refractivity contribution in [2.45, 2.75) is 50.3 Å². The highest BCUT2D eigenvalue weighted by molar-refractivity contribution is 4.90. The van der Waals surface area contributed by atoms with E-state index in [9.17, 15) is 0 Å². The van der Waals surface area contributed by atoms with Crippen LogP contribution in [0.2, 0.25) is 0 Å². The first-order chi connectivity index (χ1) is 7.43. The van der Waals surface area contributed by atoms with E-state index in [4.69, 9.17) is 18.9 Å². The highest BCUT2D eigenvalue weighted by atomic mass is 16.7. The summed E-state index contributed by atoms with van der Waals surface area (Å²) in [6, 6.07) is 0. The molecule has 0 bridgehead atoms.